The molecule has 4 heterocycles. The highest BCUT2D eigenvalue weighted by atomic mass is 16.5. The van der Waals surface area contributed by atoms with Crippen molar-refractivity contribution in [3.8, 4) is 0 Å². The summed E-state index contributed by atoms with van der Waals surface area (Å²) in [6.45, 7) is 4.64. The fraction of sp³-hybridized carbons (Fsp3) is 0.450. The average Bonchev–Trinajstić information content (AvgIpc) is 3.35. The van der Waals surface area contributed by atoms with Crippen LogP contribution in [-0.4, -0.2) is 33.8 Å². The van der Waals surface area contributed by atoms with E-state index < -0.39 is 0 Å². The molecule has 0 saturated carbocycles. The van der Waals surface area contributed by atoms with Crippen LogP contribution < -0.4 is 4.90 Å². The molecule has 134 valence electrons. The first-order chi connectivity index (χ1) is 12.5. The zero-order chi connectivity index (χ0) is 18.0. The van der Waals surface area contributed by atoms with Gasteiger partial charge in [-0.2, -0.15) is 5.10 Å². The Morgan fingerprint density at radius 1 is 1.08 bits per heavy atom. The SMILES string of the molecule is Cc1ccccc1Cn1nc(N2C(=O)[C@H]3[C@H](C2=O)[C@H]2CC[C@H]3O2)cc1C. The van der Waals surface area contributed by atoms with Gasteiger partial charge in [-0.3, -0.25) is 14.3 Å². The Hall–Kier alpha value is -2.47. The Morgan fingerprint density at radius 3 is 2.38 bits per heavy atom. The Labute approximate surface area is 151 Å². The van der Waals surface area contributed by atoms with Gasteiger partial charge < -0.3 is 4.74 Å². The smallest absolute Gasteiger partial charge is 0.241 e. The molecule has 1 aromatic heterocycles. The predicted octanol–water partition coefficient (Wildman–Crippen LogP) is 2.22. The van der Waals surface area contributed by atoms with E-state index in [0.717, 1.165) is 18.5 Å². The topological polar surface area (TPSA) is 64.4 Å². The number of benzene rings is 1. The van der Waals surface area contributed by atoms with Crippen molar-refractivity contribution < 1.29 is 14.3 Å². The van der Waals surface area contributed by atoms with Crippen LogP contribution in [0, 0.1) is 25.7 Å². The van der Waals surface area contributed by atoms with Crippen LogP contribution in [0.1, 0.15) is 29.7 Å². The minimum atomic E-state index is -0.317. The number of ether oxygens (including phenoxy) is 1. The Morgan fingerprint density at radius 2 is 1.73 bits per heavy atom. The molecule has 0 aliphatic carbocycles. The Kier molecular flexibility index (Phi) is 3.34. The zero-order valence-corrected chi connectivity index (χ0v) is 14.9. The third-order valence-electron chi connectivity index (χ3n) is 6.06. The molecule has 0 N–H and O–H groups in total. The highest BCUT2D eigenvalue weighted by Gasteiger charge is 2.63. The van der Waals surface area contributed by atoms with E-state index in [2.05, 4.69) is 24.2 Å². The van der Waals surface area contributed by atoms with Crippen LogP contribution in [-0.2, 0) is 20.9 Å². The number of aromatic nitrogens is 2. The summed E-state index contributed by atoms with van der Waals surface area (Å²) < 4.78 is 7.65. The molecule has 2 amide bonds. The summed E-state index contributed by atoms with van der Waals surface area (Å²) in [6.07, 6.45) is 1.56. The lowest BCUT2D eigenvalue weighted by Gasteiger charge is -2.15. The van der Waals surface area contributed by atoms with Crippen LogP contribution in [0.5, 0.6) is 0 Å². The summed E-state index contributed by atoms with van der Waals surface area (Å²) >= 11 is 0. The summed E-state index contributed by atoms with van der Waals surface area (Å²) in [5.41, 5.74) is 3.30. The van der Waals surface area contributed by atoms with Gasteiger partial charge in [-0.15, -0.1) is 0 Å². The Balaban J connectivity index is 1.46. The van der Waals surface area contributed by atoms with Gasteiger partial charge in [-0.1, -0.05) is 24.3 Å². The van der Waals surface area contributed by atoms with E-state index in [1.165, 1.54) is 16.0 Å². The molecule has 0 radical (unpaired) electrons. The van der Waals surface area contributed by atoms with Crippen molar-refractivity contribution in [2.45, 2.75) is 45.4 Å². The first-order valence-corrected chi connectivity index (χ1v) is 9.17. The fourth-order valence-electron chi connectivity index (χ4n) is 4.65. The van der Waals surface area contributed by atoms with E-state index in [4.69, 9.17) is 4.74 Å². The quantitative estimate of drug-likeness (QED) is 0.796. The monoisotopic (exact) mass is 351 g/mol. The van der Waals surface area contributed by atoms with Gasteiger partial charge in [0.25, 0.3) is 0 Å². The first-order valence-electron chi connectivity index (χ1n) is 9.17. The van der Waals surface area contributed by atoms with Crippen molar-refractivity contribution in [1.29, 1.82) is 0 Å². The van der Waals surface area contributed by atoms with Gasteiger partial charge in [0.15, 0.2) is 5.82 Å². The van der Waals surface area contributed by atoms with Crippen molar-refractivity contribution in [3.05, 3.63) is 47.2 Å². The zero-order valence-electron chi connectivity index (χ0n) is 14.9. The second-order valence-corrected chi connectivity index (χ2v) is 7.58. The maximum atomic E-state index is 12.9. The molecular formula is C20H21N3O3. The number of imide groups is 1. The number of rotatable bonds is 3. The van der Waals surface area contributed by atoms with Crippen molar-refractivity contribution >= 4 is 17.6 Å². The first kappa shape index (κ1) is 15.8. The minimum Gasteiger partial charge on any atom is -0.373 e. The number of carbonyl (C=O) groups excluding carboxylic acids is 2. The molecule has 3 aliphatic heterocycles. The van der Waals surface area contributed by atoms with Crippen molar-refractivity contribution in [2.75, 3.05) is 4.90 Å². The molecule has 6 nitrogen and oxygen atoms in total. The molecule has 26 heavy (non-hydrogen) atoms. The van der Waals surface area contributed by atoms with Gasteiger partial charge in [-0.25, -0.2) is 4.90 Å². The maximum absolute atomic E-state index is 12.9. The molecule has 6 heteroatoms. The number of amides is 2. The number of carbonyl (C=O) groups is 2. The number of hydrogen-bond acceptors (Lipinski definition) is 4. The third-order valence-corrected chi connectivity index (χ3v) is 6.06. The third kappa shape index (κ3) is 2.11. The van der Waals surface area contributed by atoms with Gasteiger partial charge in [0.1, 0.15) is 0 Å². The number of fused-ring (bicyclic) bond motifs is 5. The molecule has 4 atom stereocenters. The summed E-state index contributed by atoms with van der Waals surface area (Å²) in [6, 6.07) is 9.99. The van der Waals surface area contributed by atoms with Crippen LogP contribution in [0.15, 0.2) is 30.3 Å². The van der Waals surface area contributed by atoms with Gasteiger partial charge in [0, 0.05) is 11.8 Å². The van der Waals surface area contributed by atoms with E-state index >= 15 is 0 Å². The summed E-state index contributed by atoms with van der Waals surface area (Å²) in [7, 11) is 0. The molecule has 3 saturated heterocycles. The lowest BCUT2D eigenvalue weighted by atomic mass is 9.81. The summed E-state index contributed by atoms with van der Waals surface area (Å²) in [5.74, 6) is -0.480. The van der Waals surface area contributed by atoms with E-state index in [1.807, 2.05) is 29.8 Å². The fourth-order valence-corrected chi connectivity index (χ4v) is 4.65. The molecule has 5 rings (SSSR count). The van der Waals surface area contributed by atoms with Crippen LogP contribution in [0.3, 0.4) is 0 Å². The molecule has 3 fully saturated rings. The predicted molar refractivity (Wildman–Crippen MR) is 94.6 cm³/mol. The maximum Gasteiger partial charge on any atom is 0.241 e. The normalized spacial score (nSPS) is 29.7. The van der Waals surface area contributed by atoms with E-state index in [9.17, 15) is 9.59 Å². The van der Waals surface area contributed by atoms with Crippen LogP contribution in [0.2, 0.25) is 0 Å². The summed E-state index contributed by atoms with van der Waals surface area (Å²) in [5, 5.41) is 4.59. The molecular weight excluding hydrogens is 330 g/mol. The van der Waals surface area contributed by atoms with Gasteiger partial charge in [0.2, 0.25) is 11.8 Å². The highest BCUT2D eigenvalue weighted by molar-refractivity contribution is 6.22. The van der Waals surface area contributed by atoms with Crippen LogP contribution in [0.4, 0.5) is 5.82 Å². The minimum absolute atomic E-state index is 0.0957. The van der Waals surface area contributed by atoms with Gasteiger partial charge >= 0.3 is 0 Å². The number of anilines is 1. The number of nitrogens with zero attached hydrogens (tertiary/aromatic N) is 3. The van der Waals surface area contributed by atoms with Crippen LogP contribution in [0.25, 0.3) is 0 Å². The van der Waals surface area contributed by atoms with Crippen LogP contribution >= 0.6 is 0 Å². The van der Waals surface area contributed by atoms with E-state index in [-0.39, 0.29) is 35.9 Å². The lowest BCUT2D eigenvalue weighted by Crippen LogP contribution is -2.34. The average molecular weight is 351 g/mol. The second-order valence-electron chi connectivity index (χ2n) is 7.58. The summed E-state index contributed by atoms with van der Waals surface area (Å²) in [4.78, 5) is 27.1. The standard InChI is InChI=1S/C20H21N3O3/c1-11-5-3-4-6-13(11)10-22-12(2)9-16(21-22)23-19(24)17-14-7-8-15(26-14)18(17)20(23)25/h3-6,9,14-15,17-18H,7-8,10H2,1-2H3/t14-,15-,17-,18-/m1/s1. The molecule has 3 aliphatic rings. The van der Waals surface area contributed by atoms with Crippen molar-refractivity contribution in [3.63, 3.8) is 0 Å². The lowest BCUT2D eigenvalue weighted by molar-refractivity contribution is -0.124. The number of hydrogen-bond donors (Lipinski definition) is 0. The largest absolute Gasteiger partial charge is 0.373 e. The van der Waals surface area contributed by atoms with E-state index in [0.29, 0.717) is 12.4 Å². The molecule has 1 aromatic carbocycles. The van der Waals surface area contributed by atoms with Crippen molar-refractivity contribution in [2.24, 2.45) is 11.8 Å². The second kappa shape index (κ2) is 5.51. The number of aryl methyl sites for hydroxylation is 2. The molecule has 2 aromatic rings. The van der Waals surface area contributed by atoms with E-state index in [1.54, 1.807) is 0 Å². The highest BCUT2D eigenvalue weighted by Crippen LogP contribution is 2.49. The van der Waals surface area contributed by atoms with Crippen molar-refractivity contribution in [1.82, 2.24) is 9.78 Å². The Bertz CT molecular complexity index is 891. The van der Waals surface area contributed by atoms with Gasteiger partial charge in [0.05, 0.1) is 30.6 Å². The molecule has 0 spiro atoms. The molecule has 0 unspecified atom stereocenters. The molecule has 2 bridgehead atoms. The van der Waals surface area contributed by atoms with Gasteiger partial charge in [-0.05, 0) is 37.8 Å².